The zero-order valence-electron chi connectivity index (χ0n) is 11.3. The van der Waals surface area contributed by atoms with Gasteiger partial charge >= 0.3 is 0 Å². The zero-order valence-corrected chi connectivity index (χ0v) is 12.9. The number of hydrogen-bond donors (Lipinski definition) is 0. The van der Waals surface area contributed by atoms with Gasteiger partial charge in [0.05, 0.1) is 12.4 Å². The highest BCUT2D eigenvalue weighted by atomic mass is 35.5. The molecule has 0 amide bonds. The van der Waals surface area contributed by atoms with Crippen molar-refractivity contribution in [3.8, 4) is 0 Å². The molecule has 0 bridgehead atoms. The van der Waals surface area contributed by atoms with Gasteiger partial charge in [-0.15, -0.1) is 0 Å². The molecule has 0 fully saturated rings. The molecule has 1 aromatic rings. The highest BCUT2D eigenvalue weighted by molar-refractivity contribution is 7.89. The van der Waals surface area contributed by atoms with Crippen LogP contribution in [-0.4, -0.2) is 35.8 Å². The Morgan fingerprint density at radius 2 is 1.58 bits per heavy atom. The van der Waals surface area contributed by atoms with Crippen LogP contribution in [0.25, 0.3) is 0 Å². The Hall–Kier alpha value is -0.720. The minimum Gasteiger partial charge on any atom is -0.225 e. The Balaban J connectivity index is 2.93. The molecular weight excluding hydrogens is 286 g/mol. The van der Waals surface area contributed by atoms with Crippen molar-refractivity contribution < 1.29 is 8.42 Å². The zero-order chi connectivity index (χ0) is 14.3. The number of rotatable bonds is 8. The predicted octanol–water partition coefficient (Wildman–Crippen LogP) is 2.72. The Labute approximate surface area is 120 Å². The summed E-state index contributed by atoms with van der Waals surface area (Å²) in [5, 5.41) is 0.0487. The monoisotopic (exact) mass is 305 g/mol. The van der Waals surface area contributed by atoms with Gasteiger partial charge in [-0.3, -0.25) is 0 Å². The molecule has 0 saturated heterocycles. The Morgan fingerprint density at radius 1 is 1.11 bits per heavy atom. The quantitative estimate of drug-likeness (QED) is 0.693. The average Bonchev–Trinajstić information content (AvgIpc) is 2.39. The van der Waals surface area contributed by atoms with E-state index in [-0.39, 0.29) is 10.2 Å². The summed E-state index contributed by atoms with van der Waals surface area (Å²) < 4.78 is 26.4. The minimum absolute atomic E-state index is 0.0487. The van der Waals surface area contributed by atoms with Gasteiger partial charge in [-0.1, -0.05) is 26.7 Å². The van der Waals surface area contributed by atoms with E-state index in [2.05, 4.69) is 9.97 Å². The van der Waals surface area contributed by atoms with Crippen molar-refractivity contribution in [1.82, 2.24) is 14.3 Å². The Morgan fingerprint density at radius 3 is 2.00 bits per heavy atom. The van der Waals surface area contributed by atoms with Gasteiger partial charge in [0.15, 0.2) is 0 Å². The van der Waals surface area contributed by atoms with Crippen molar-refractivity contribution in [2.24, 2.45) is 0 Å². The lowest BCUT2D eigenvalue weighted by Gasteiger charge is -2.21. The van der Waals surface area contributed by atoms with Gasteiger partial charge in [0.1, 0.15) is 4.90 Å². The van der Waals surface area contributed by atoms with Crippen molar-refractivity contribution in [2.45, 2.75) is 44.4 Å². The first-order valence-electron chi connectivity index (χ1n) is 6.50. The van der Waals surface area contributed by atoms with E-state index < -0.39 is 10.0 Å². The lowest BCUT2D eigenvalue weighted by atomic mass is 10.3. The summed E-state index contributed by atoms with van der Waals surface area (Å²) in [6.07, 6.45) is 6.12. The number of sulfonamides is 1. The van der Waals surface area contributed by atoms with E-state index in [9.17, 15) is 8.42 Å². The third-order valence-electron chi connectivity index (χ3n) is 2.76. The molecule has 7 heteroatoms. The van der Waals surface area contributed by atoms with Crippen LogP contribution in [0, 0.1) is 0 Å². The summed E-state index contributed by atoms with van der Waals surface area (Å²) in [6, 6.07) is 0. The van der Waals surface area contributed by atoms with Gasteiger partial charge in [-0.25, -0.2) is 18.4 Å². The molecule has 108 valence electrons. The van der Waals surface area contributed by atoms with Gasteiger partial charge < -0.3 is 0 Å². The van der Waals surface area contributed by atoms with Crippen LogP contribution in [-0.2, 0) is 10.0 Å². The van der Waals surface area contributed by atoms with Gasteiger partial charge in [0.2, 0.25) is 15.3 Å². The van der Waals surface area contributed by atoms with E-state index in [1.165, 1.54) is 16.7 Å². The van der Waals surface area contributed by atoms with Crippen LogP contribution in [0.4, 0.5) is 0 Å². The summed E-state index contributed by atoms with van der Waals surface area (Å²) in [5.74, 6) is 0. The molecule has 0 spiro atoms. The number of aromatic nitrogens is 2. The van der Waals surface area contributed by atoms with Crippen LogP contribution in [0.5, 0.6) is 0 Å². The first kappa shape index (κ1) is 16.3. The second-order valence-electron chi connectivity index (χ2n) is 4.30. The topological polar surface area (TPSA) is 63.2 Å². The third-order valence-corrected chi connectivity index (χ3v) is 4.80. The average molecular weight is 306 g/mol. The van der Waals surface area contributed by atoms with E-state index >= 15 is 0 Å². The van der Waals surface area contributed by atoms with Crippen LogP contribution in [0.1, 0.15) is 39.5 Å². The molecule has 1 rings (SSSR count). The second kappa shape index (κ2) is 7.77. The molecule has 5 nitrogen and oxygen atoms in total. The van der Waals surface area contributed by atoms with Crippen molar-refractivity contribution in [3.63, 3.8) is 0 Å². The minimum atomic E-state index is -3.51. The van der Waals surface area contributed by atoms with E-state index in [1.54, 1.807) is 0 Å². The lowest BCUT2D eigenvalue weighted by molar-refractivity contribution is 0.395. The van der Waals surface area contributed by atoms with Crippen molar-refractivity contribution in [2.75, 3.05) is 13.1 Å². The normalized spacial score (nSPS) is 12.0. The second-order valence-corrected chi connectivity index (χ2v) is 6.57. The van der Waals surface area contributed by atoms with Crippen molar-refractivity contribution in [1.29, 1.82) is 0 Å². The SMILES string of the molecule is CCCCN(CCCC)S(=O)(=O)c1cnc(Cl)nc1. The summed E-state index contributed by atoms with van der Waals surface area (Å²) in [6.45, 7) is 5.13. The molecule has 0 aliphatic heterocycles. The fourth-order valence-electron chi connectivity index (χ4n) is 1.60. The van der Waals surface area contributed by atoms with E-state index in [1.807, 2.05) is 13.8 Å². The molecule has 0 unspecified atom stereocenters. The molecule has 1 aromatic heterocycles. The fraction of sp³-hybridized carbons (Fsp3) is 0.667. The van der Waals surface area contributed by atoms with Gasteiger partial charge in [-0.05, 0) is 24.4 Å². The number of halogens is 1. The fourth-order valence-corrected chi connectivity index (χ4v) is 3.11. The van der Waals surface area contributed by atoms with Crippen LogP contribution in [0.2, 0.25) is 5.28 Å². The number of unbranched alkanes of at least 4 members (excludes halogenated alkanes) is 2. The molecular formula is C12H20ClN3O2S. The maximum atomic E-state index is 12.5. The van der Waals surface area contributed by atoms with Crippen LogP contribution >= 0.6 is 11.6 Å². The summed E-state index contributed by atoms with van der Waals surface area (Å²) in [4.78, 5) is 7.57. The number of nitrogens with zero attached hydrogens (tertiary/aromatic N) is 3. The van der Waals surface area contributed by atoms with Crippen LogP contribution in [0.15, 0.2) is 17.3 Å². The third kappa shape index (κ3) is 4.71. The predicted molar refractivity (Wildman–Crippen MR) is 75.6 cm³/mol. The van der Waals surface area contributed by atoms with E-state index in [0.29, 0.717) is 13.1 Å². The Kier molecular flexibility index (Phi) is 6.68. The molecule has 19 heavy (non-hydrogen) atoms. The summed E-state index contributed by atoms with van der Waals surface area (Å²) in [5.41, 5.74) is 0. The summed E-state index contributed by atoms with van der Waals surface area (Å²) in [7, 11) is -3.51. The van der Waals surface area contributed by atoms with Crippen LogP contribution < -0.4 is 0 Å². The van der Waals surface area contributed by atoms with Crippen LogP contribution in [0.3, 0.4) is 0 Å². The summed E-state index contributed by atoms with van der Waals surface area (Å²) >= 11 is 5.58. The maximum Gasteiger partial charge on any atom is 0.246 e. The molecule has 0 atom stereocenters. The highest BCUT2D eigenvalue weighted by Gasteiger charge is 2.24. The van der Waals surface area contributed by atoms with Gasteiger partial charge in [0, 0.05) is 13.1 Å². The van der Waals surface area contributed by atoms with Crippen molar-refractivity contribution >= 4 is 21.6 Å². The highest BCUT2D eigenvalue weighted by Crippen LogP contribution is 2.16. The van der Waals surface area contributed by atoms with Gasteiger partial charge in [0.25, 0.3) is 0 Å². The molecule has 0 radical (unpaired) electrons. The Bertz CT molecular complexity index is 468. The molecule has 0 aliphatic carbocycles. The lowest BCUT2D eigenvalue weighted by Crippen LogP contribution is -2.33. The first-order chi connectivity index (χ1) is 9.02. The first-order valence-corrected chi connectivity index (χ1v) is 8.31. The number of hydrogen-bond acceptors (Lipinski definition) is 4. The molecule has 0 aromatic carbocycles. The largest absolute Gasteiger partial charge is 0.246 e. The molecule has 0 saturated carbocycles. The van der Waals surface area contributed by atoms with E-state index in [0.717, 1.165) is 25.7 Å². The molecule has 1 heterocycles. The van der Waals surface area contributed by atoms with E-state index in [4.69, 9.17) is 11.6 Å². The maximum absolute atomic E-state index is 12.5. The molecule has 0 N–H and O–H groups in total. The molecule has 0 aliphatic rings. The van der Waals surface area contributed by atoms with Gasteiger partial charge in [-0.2, -0.15) is 4.31 Å². The standard InChI is InChI=1S/C12H20ClN3O2S/c1-3-5-7-16(8-6-4-2)19(17,18)11-9-14-12(13)15-10-11/h9-10H,3-8H2,1-2H3. The van der Waals surface area contributed by atoms with Crippen molar-refractivity contribution in [3.05, 3.63) is 17.7 Å². The smallest absolute Gasteiger partial charge is 0.225 e.